The molecule has 4 nitrogen and oxygen atoms in total. The van der Waals surface area contributed by atoms with Gasteiger partial charge in [-0.1, -0.05) is 25.3 Å². The molecular weight excluding hydrogens is 324 g/mol. The zero-order chi connectivity index (χ0) is 17.4. The van der Waals surface area contributed by atoms with E-state index in [1.54, 1.807) is 10.9 Å². The van der Waals surface area contributed by atoms with Crippen LogP contribution in [-0.2, 0) is 11.3 Å². The van der Waals surface area contributed by atoms with E-state index in [1.165, 1.54) is 37.5 Å². The third kappa shape index (κ3) is 3.05. The minimum Gasteiger partial charge on any atom is -0.311 e. The number of amides is 1. The molecule has 1 aromatic carbocycles. The monoisotopic (exact) mass is 345 g/mol. The standard InChI is InChI=1S/C19H21F2N3O/c20-15-7-4-8-16(21)18(15)13-9-17(25)23-19-14(13)10-22-24(19)11-12-5-2-1-3-6-12/h4,7-8,10,12-13H,1-3,5-6,9,11H2,(H,23,25). The SMILES string of the molecule is O=C1CC(c2c(F)cccc2F)c2cnn(CC3CCCCC3)c2N1. The van der Waals surface area contributed by atoms with Crippen molar-refractivity contribution in [3.05, 3.63) is 47.2 Å². The van der Waals surface area contributed by atoms with Crippen LogP contribution in [-0.4, -0.2) is 15.7 Å². The van der Waals surface area contributed by atoms with Crippen LogP contribution in [0.1, 0.15) is 55.6 Å². The second kappa shape index (κ2) is 6.58. The predicted molar refractivity (Wildman–Crippen MR) is 90.2 cm³/mol. The molecule has 6 heteroatoms. The molecule has 0 bridgehead atoms. The Balaban J connectivity index is 1.69. The topological polar surface area (TPSA) is 46.9 Å². The number of nitrogens with zero attached hydrogens (tertiary/aromatic N) is 2. The summed E-state index contributed by atoms with van der Waals surface area (Å²) in [7, 11) is 0. The molecule has 1 aromatic heterocycles. The summed E-state index contributed by atoms with van der Waals surface area (Å²) in [5.41, 5.74) is 0.648. The lowest BCUT2D eigenvalue weighted by Crippen LogP contribution is -2.27. The highest BCUT2D eigenvalue weighted by atomic mass is 19.1. The van der Waals surface area contributed by atoms with E-state index in [4.69, 9.17) is 0 Å². The van der Waals surface area contributed by atoms with E-state index < -0.39 is 17.6 Å². The quantitative estimate of drug-likeness (QED) is 0.905. The minimum absolute atomic E-state index is 0.0278. The third-order valence-corrected chi connectivity index (χ3v) is 5.39. The summed E-state index contributed by atoms with van der Waals surface area (Å²) in [6.45, 7) is 0.738. The Hall–Kier alpha value is -2.24. The van der Waals surface area contributed by atoms with Gasteiger partial charge in [-0.25, -0.2) is 13.5 Å². The molecule has 25 heavy (non-hydrogen) atoms. The molecule has 1 aliphatic heterocycles. The van der Waals surface area contributed by atoms with Crippen LogP contribution in [0.2, 0.25) is 0 Å². The summed E-state index contributed by atoms with van der Waals surface area (Å²) >= 11 is 0. The first-order valence-corrected chi connectivity index (χ1v) is 8.93. The van der Waals surface area contributed by atoms with Crippen molar-refractivity contribution in [3.63, 3.8) is 0 Å². The Morgan fingerprint density at radius 3 is 2.60 bits per heavy atom. The van der Waals surface area contributed by atoms with Crippen LogP contribution < -0.4 is 5.32 Å². The van der Waals surface area contributed by atoms with Crippen molar-refractivity contribution in [2.24, 2.45) is 5.92 Å². The molecule has 1 unspecified atom stereocenters. The number of hydrogen-bond acceptors (Lipinski definition) is 2. The highest BCUT2D eigenvalue weighted by Crippen LogP contribution is 2.39. The van der Waals surface area contributed by atoms with Gasteiger partial charge in [-0.05, 0) is 30.9 Å². The van der Waals surface area contributed by atoms with E-state index in [0.717, 1.165) is 19.4 Å². The number of benzene rings is 1. The molecule has 0 saturated heterocycles. The second-order valence-corrected chi connectivity index (χ2v) is 7.07. The normalized spacial score (nSPS) is 21.0. The number of carbonyl (C=O) groups excluding carboxylic acids is 1. The van der Waals surface area contributed by atoms with E-state index in [9.17, 15) is 13.6 Å². The molecule has 1 saturated carbocycles. The summed E-state index contributed by atoms with van der Waals surface area (Å²) < 4.78 is 30.3. The van der Waals surface area contributed by atoms with Gasteiger partial charge in [-0.2, -0.15) is 5.10 Å². The third-order valence-electron chi connectivity index (χ3n) is 5.39. The Morgan fingerprint density at radius 2 is 1.88 bits per heavy atom. The summed E-state index contributed by atoms with van der Waals surface area (Å²) in [5.74, 6) is -0.971. The van der Waals surface area contributed by atoms with Gasteiger partial charge in [0.25, 0.3) is 0 Å². The molecule has 2 aliphatic rings. The maximum Gasteiger partial charge on any atom is 0.226 e. The highest BCUT2D eigenvalue weighted by Gasteiger charge is 2.33. The lowest BCUT2D eigenvalue weighted by atomic mass is 9.86. The number of hydrogen-bond donors (Lipinski definition) is 1. The number of carbonyl (C=O) groups is 1. The minimum atomic E-state index is -0.634. The van der Waals surface area contributed by atoms with E-state index in [-0.39, 0.29) is 17.9 Å². The van der Waals surface area contributed by atoms with Crippen LogP contribution in [0.5, 0.6) is 0 Å². The van der Waals surface area contributed by atoms with Crippen LogP contribution in [0, 0.1) is 17.6 Å². The van der Waals surface area contributed by atoms with Gasteiger partial charge in [-0.15, -0.1) is 0 Å². The lowest BCUT2D eigenvalue weighted by Gasteiger charge is -2.26. The van der Waals surface area contributed by atoms with E-state index >= 15 is 0 Å². The molecule has 0 spiro atoms. The van der Waals surface area contributed by atoms with Gasteiger partial charge in [-0.3, -0.25) is 4.79 Å². The molecule has 1 amide bonds. The van der Waals surface area contributed by atoms with Crippen molar-refractivity contribution in [2.75, 3.05) is 5.32 Å². The zero-order valence-electron chi connectivity index (χ0n) is 14.0. The summed E-state index contributed by atoms with van der Waals surface area (Å²) in [4.78, 5) is 12.2. The van der Waals surface area contributed by atoms with Crippen LogP contribution in [0.3, 0.4) is 0 Å². The Morgan fingerprint density at radius 1 is 1.16 bits per heavy atom. The molecular formula is C19H21F2N3O. The first-order valence-electron chi connectivity index (χ1n) is 8.93. The molecule has 1 aliphatic carbocycles. The first kappa shape index (κ1) is 16.2. The summed E-state index contributed by atoms with van der Waals surface area (Å²) in [6.07, 6.45) is 7.72. The number of nitrogens with one attached hydrogen (secondary N) is 1. The van der Waals surface area contributed by atoms with Gasteiger partial charge in [0.15, 0.2) is 0 Å². The average Bonchev–Trinajstić information content (AvgIpc) is 2.98. The second-order valence-electron chi connectivity index (χ2n) is 7.07. The van der Waals surface area contributed by atoms with Crippen LogP contribution in [0.4, 0.5) is 14.6 Å². The highest BCUT2D eigenvalue weighted by molar-refractivity contribution is 5.94. The summed E-state index contributed by atoms with van der Waals surface area (Å²) in [5, 5.41) is 7.27. The Labute approximate surface area is 145 Å². The average molecular weight is 345 g/mol. The fourth-order valence-electron chi connectivity index (χ4n) is 4.12. The van der Waals surface area contributed by atoms with Gasteiger partial charge in [0.1, 0.15) is 17.5 Å². The predicted octanol–water partition coefficient (Wildman–Crippen LogP) is 4.22. The van der Waals surface area contributed by atoms with Gasteiger partial charge < -0.3 is 5.32 Å². The van der Waals surface area contributed by atoms with Gasteiger partial charge in [0.2, 0.25) is 5.91 Å². The summed E-state index contributed by atoms with van der Waals surface area (Å²) in [6, 6.07) is 3.80. The number of aromatic nitrogens is 2. The molecule has 1 fully saturated rings. The number of halogens is 2. The maximum atomic E-state index is 14.2. The van der Waals surface area contributed by atoms with Crippen molar-refractivity contribution in [1.29, 1.82) is 0 Å². The van der Waals surface area contributed by atoms with Gasteiger partial charge >= 0.3 is 0 Å². The molecule has 132 valence electrons. The molecule has 2 aromatic rings. The number of rotatable bonds is 3. The van der Waals surface area contributed by atoms with E-state index in [0.29, 0.717) is 17.3 Å². The van der Waals surface area contributed by atoms with Gasteiger partial charge in [0, 0.05) is 30.0 Å². The van der Waals surface area contributed by atoms with Crippen molar-refractivity contribution >= 4 is 11.7 Å². The molecule has 2 heterocycles. The molecule has 1 N–H and O–H groups in total. The van der Waals surface area contributed by atoms with E-state index in [1.807, 2.05) is 0 Å². The molecule has 0 radical (unpaired) electrons. The number of fused-ring (bicyclic) bond motifs is 1. The zero-order valence-corrected chi connectivity index (χ0v) is 14.0. The van der Waals surface area contributed by atoms with E-state index in [2.05, 4.69) is 10.4 Å². The largest absolute Gasteiger partial charge is 0.311 e. The smallest absolute Gasteiger partial charge is 0.226 e. The fraction of sp³-hybridized carbons (Fsp3) is 0.474. The van der Waals surface area contributed by atoms with Gasteiger partial charge in [0.05, 0.1) is 6.20 Å². The number of anilines is 1. The van der Waals surface area contributed by atoms with Crippen molar-refractivity contribution < 1.29 is 13.6 Å². The molecule has 1 atom stereocenters. The molecule has 4 rings (SSSR count). The van der Waals surface area contributed by atoms with Crippen LogP contribution in [0.15, 0.2) is 24.4 Å². The first-order chi connectivity index (χ1) is 12.1. The van der Waals surface area contributed by atoms with Crippen molar-refractivity contribution in [2.45, 2.75) is 51.0 Å². The van der Waals surface area contributed by atoms with Crippen LogP contribution >= 0.6 is 0 Å². The Kier molecular flexibility index (Phi) is 4.27. The maximum absolute atomic E-state index is 14.2. The Bertz CT molecular complexity index is 776. The van der Waals surface area contributed by atoms with Crippen molar-refractivity contribution in [1.82, 2.24) is 9.78 Å². The lowest BCUT2D eigenvalue weighted by molar-refractivity contribution is -0.116. The van der Waals surface area contributed by atoms with Crippen molar-refractivity contribution in [3.8, 4) is 0 Å². The van der Waals surface area contributed by atoms with Crippen LogP contribution in [0.25, 0.3) is 0 Å². The fourth-order valence-corrected chi connectivity index (χ4v) is 4.12.